The number of piperidine rings is 1. The van der Waals surface area contributed by atoms with Crippen LogP contribution in [0.5, 0.6) is 0 Å². The van der Waals surface area contributed by atoms with Gasteiger partial charge in [0.05, 0.1) is 12.0 Å². The van der Waals surface area contributed by atoms with E-state index in [4.69, 9.17) is 4.74 Å². The fraction of sp³-hybridized carbons (Fsp3) is 0.909. The molecule has 0 aromatic rings. The topological polar surface area (TPSA) is 41.6 Å². The lowest BCUT2D eigenvalue weighted by molar-refractivity contribution is -0.138. The fourth-order valence-corrected chi connectivity index (χ4v) is 2.45. The van der Waals surface area contributed by atoms with Gasteiger partial charge in [0.2, 0.25) is 5.91 Å². The molecule has 2 fully saturated rings. The molecule has 0 spiro atoms. The number of amides is 1. The summed E-state index contributed by atoms with van der Waals surface area (Å²) < 4.78 is 5.32. The van der Waals surface area contributed by atoms with Crippen molar-refractivity contribution < 1.29 is 9.53 Å². The average molecular weight is 249 g/mol. The number of rotatable bonds is 2. The molecule has 16 heavy (non-hydrogen) atoms. The second-order valence-corrected chi connectivity index (χ2v) is 4.47. The van der Waals surface area contributed by atoms with Crippen molar-refractivity contribution in [2.75, 3.05) is 33.3 Å². The fourth-order valence-electron chi connectivity index (χ4n) is 2.45. The summed E-state index contributed by atoms with van der Waals surface area (Å²) in [5, 5.41) is 3.24. The zero-order valence-electron chi connectivity index (χ0n) is 9.78. The largest absolute Gasteiger partial charge is 0.380 e. The van der Waals surface area contributed by atoms with Gasteiger partial charge in [0.1, 0.15) is 0 Å². The Labute approximate surface area is 103 Å². The van der Waals surface area contributed by atoms with Gasteiger partial charge in [-0.05, 0) is 25.8 Å². The number of likely N-dealkylation sites (tertiary alicyclic amines) is 1. The first kappa shape index (κ1) is 13.7. The van der Waals surface area contributed by atoms with Crippen LogP contribution < -0.4 is 5.32 Å². The zero-order chi connectivity index (χ0) is 10.7. The van der Waals surface area contributed by atoms with Crippen LogP contribution in [0.1, 0.15) is 19.3 Å². The number of nitrogens with zero attached hydrogens (tertiary/aromatic N) is 1. The highest BCUT2D eigenvalue weighted by Crippen LogP contribution is 2.17. The van der Waals surface area contributed by atoms with Crippen molar-refractivity contribution >= 4 is 18.3 Å². The third kappa shape index (κ3) is 3.09. The highest BCUT2D eigenvalue weighted by molar-refractivity contribution is 5.85. The minimum Gasteiger partial charge on any atom is -0.380 e. The van der Waals surface area contributed by atoms with E-state index in [1.165, 1.54) is 0 Å². The van der Waals surface area contributed by atoms with Crippen molar-refractivity contribution in [3.05, 3.63) is 0 Å². The molecule has 2 aliphatic rings. The van der Waals surface area contributed by atoms with Gasteiger partial charge in [-0.3, -0.25) is 4.79 Å². The molecule has 0 bridgehead atoms. The van der Waals surface area contributed by atoms with Crippen molar-refractivity contribution in [2.24, 2.45) is 5.92 Å². The maximum absolute atomic E-state index is 12.1. The van der Waals surface area contributed by atoms with Crippen LogP contribution >= 0.6 is 12.4 Å². The first-order chi connectivity index (χ1) is 7.31. The predicted molar refractivity (Wildman–Crippen MR) is 64.8 cm³/mol. The quantitative estimate of drug-likeness (QED) is 0.781. The smallest absolute Gasteiger partial charge is 0.227 e. The molecule has 2 aliphatic heterocycles. The van der Waals surface area contributed by atoms with E-state index in [2.05, 4.69) is 5.32 Å². The highest BCUT2D eigenvalue weighted by atomic mass is 35.5. The Morgan fingerprint density at radius 3 is 2.88 bits per heavy atom. The first-order valence-corrected chi connectivity index (χ1v) is 5.83. The number of ether oxygens (including phenoxy) is 1. The lowest BCUT2D eigenvalue weighted by Crippen LogP contribution is -2.45. The molecule has 0 aliphatic carbocycles. The molecule has 4 nitrogen and oxygen atoms in total. The van der Waals surface area contributed by atoms with E-state index in [-0.39, 0.29) is 24.4 Å². The van der Waals surface area contributed by atoms with E-state index in [9.17, 15) is 4.79 Å². The lowest BCUT2D eigenvalue weighted by Gasteiger charge is -2.33. The van der Waals surface area contributed by atoms with Gasteiger partial charge in [0.25, 0.3) is 0 Å². The van der Waals surface area contributed by atoms with Gasteiger partial charge in [-0.1, -0.05) is 0 Å². The molecule has 0 radical (unpaired) electrons. The molecule has 1 N–H and O–H groups in total. The highest BCUT2D eigenvalue weighted by Gasteiger charge is 2.30. The van der Waals surface area contributed by atoms with Crippen LogP contribution in [0, 0.1) is 5.92 Å². The van der Waals surface area contributed by atoms with Crippen molar-refractivity contribution in [1.29, 1.82) is 0 Å². The van der Waals surface area contributed by atoms with Gasteiger partial charge in [-0.15, -0.1) is 12.4 Å². The van der Waals surface area contributed by atoms with Gasteiger partial charge in [0, 0.05) is 26.7 Å². The Kier molecular flexibility index (Phi) is 5.52. The summed E-state index contributed by atoms with van der Waals surface area (Å²) in [6.45, 7) is 3.53. The number of halogens is 1. The summed E-state index contributed by atoms with van der Waals surface area (Å²) in [5.74, 6) is 0.530. The standard InChI is InChI=1S/C11H20N2O2.ClH/c1-15-10-3-2-6-13(8-10)11(14)9-4-5-12-7-9;/h9-10,12H,2-8H2,1H3;1H/t9-,10?;/m0./s1. The van der Waals surface area contributed by atoms with Crippen LogP contribution in [0.25, 0.3) is 0 Å². The van der Waals surface area contributed by atoms with E-state index in [1.54, 1.807) is 7.11 Å². The molecule has 1 amide bonds. The summed E-state index contributed by atoms with van der Waals surface area (Å²) in [4.78, 5) is 14.1. The molecule has 0 aromatic heterocycles. The number of hydrogen-bond acceptors (Lipinski definition) is 3. The molecule has 2 atom stereocenters. The van der Waals surface area contributed by atoms with Crippen molar-refractivity contribution in [3.63, 3.8) is 0 Å². The second-order valence-electron chi connectivity index (χ2n) is 4.47. The molecule has 2 heterocycles. The summed E-state index contributed by atoms with van der Waals surface area (Å²) in [5.41, 5.74) is 0. The minimum absolute atomic E-state index is 0. The minimum atomic E-state index is 0. The van der Waals surface area contributed by atoms with Crippen molar-refractivity contribution in [1.82, 2.24) is 10.2 Å². The van der Waals surface area contributed by atoms with Crippen molar-refractivity contribution in [2.45, 2.75) is 25.4 Å². The third-order valence-electron chi connectivity index (χ3n) is 3.43. The van der Waals surface area contributed by atoms with Crippen LogP contribution in [0.15, 0.2) is 0 Å². The SMILES string of the molecule is COC1CCCN(C(=O)[C@H]2CCNC2)C1.Cl. The molecule has 1 unspecified atom stereocenters. The van der Waals surface area contributed by atoms with E-state index in [1.807, 2.05) is 4.90 Å². The Morgan fingerprint density at radius 1 is 1.44 bits per heavy atom. The third-order valence-corrected chi connectivity index (χ3v) is 3.43. The molecule has 2 rings (SSSR count). The van der Waals surface area contributed by atoms with E-state index < -0.39 is 0 Å². The Hall–Kier alpha value is -0.320. The van der Waals surface area contributed by atoms with Gasteiger partial charge in [0.15, 0.2) is 0 Å². The predicted octanol–water partition coefficient (Wildman–Crippen LogP) is 0.655. The first-order valence-electron chi connectivity index (χ1n) is 5.83. The Morgan fingerprint density at radius 2 is 2.25 bits per heavy atom. The van der Waals surface area contributed by atoms with Gasteiger partial charge >= 0.3 is 0 Å². The normalized spacial score (nSPS) is 29.9. The molecular formula is C11H21ClN2O2. The van der Waals surface area contributed by atoms with E-state index in [0.29, 0.717) is 5.91 Å². The lowest BCUT2D eigenvalue weighted by atomic mass is 10.0. The molecule has 94 valence electrons. The summed E-state index contributed by atoms with van der Waals surface area (Å²) in [6, 6.07) is 0. The Bertz CT molecular complexity index is 232. The molecular weight excluding hydrogens is 228 g/mol. The number of methoxy groups -OCH3 is 1. The molecule has 0 aromatic carbocycles. The maximum Gasteiger partial charge on any atom is 0.227 e. The van der Waals surface area contributed by atoms with E-state index >= 15 is 0 Å². The maximum atomic E-state index is 12.1. The molecule has 2 saturated heterocycles. The van der Waals surface area contributed by atoms with Crippen LogP contribution in [0.4, 0.5) is 0 Å². The summed E-state index contributed by atoms with van der Waals surface area (Å²) in [6.07, 6.45) is 3.40. The van der Waals surface area contributed by atoms with Crippen molar-refractivity contribution in [3.8, 4) is 0 Å². The molecule has 5 heteroatoms. The average Bonchev–Trinajstić information content (AvgIpc) is 2.81. The van der Waals surface area contributed by atoms with Crippen LogP contribution in [0.2, 0.25) is 0 Å². The zero-order valence-corrected chi connectivity index (χ0v) is 10.6. The van der Waals surface area contributed by atoms with Gasteiger partial charge in [-0.25, -0.2) is 0 Å². The number of carbonyl (C=O) groups is 1. The number of hydrogen-bond donors (Lipinski definition) is 1. The monoisotopic (exact) mass is 248 g/mol. The Balaban J connectivity index is 0.00000128. The second kappa shape index (κ2) is 6.42. The summed E-state index contributed by atoms with van der Waals surface area (Å²) in [7, 11) is 1.73. The van der Waals surface area contributed by atoms with Gasteiger partial charge in [-0.2, -0.15) is 0 Å². The van der Waals surface area contributed by atoms with Gasteiger partial charge < -0.3 is 15.0 Å². The molecule has 0 saturated carbocycles. The number of nitrogens with one attached hydrogen (secondary N) is 1. The van der Waals surface area contributed by atoms with E-state index in [0.717, 1.165) is 45.4 Å². The van der Waals surface area contributed by atoms with Crippen LogP contribution in [-0.2, 0) is 9.53 Å². The van der Waals surface area contributed by atoms with Crippen LogP contribution in [-0.4, -0.2) is 50.2 Å². The van der Waals surface area contributed by atoms with Crippen LogP contribution in [0.3, 0.4) is 0 Å². The summed E-state index contributed by atoms with van der Waals surface area (Å²) >= 11 is 0. The number of carbonyl (C=O) groups excluding carboxylic acids is 1.